The summed E-state index contributed by atoms with van der Waals surface area (Å²) in [6, 6.07) is 0. The van der Waals surface area contributed by atoms with Gasteiger partial charge < -0.3 is 10.1 Å². The third-order valence-corrected chi connectivity index (χ3v) is 2.98. The maximum Gasteiger partial charge on any atom is 0.256 e. The van der Waals surface area contributed by atoms with Gasteiger partial charge in [0.15, 0.2) is 0 Å². The molecule has 2 rings (SSSR count). The van der Waals surface area contributed by atoms with E-state index in [1.807, 2.05) is 10.9 Å². The first-order valence-electron chi connectivity index (χ1n) is 5.79. The van der Waals surface area contributed by atoms with Crippen LogP contribution in [0, 0.1) is 3.57 Å². The van der Waals surface area contributed by atoms with Crippen LogP contribution >= 0.6 is 22.6 Å². The summed E-state index contributed by atoms with van der Waals surface area (Å²) in [7, 11) is 1.59. The average Bonchev–Trinajstić information content (AvgIpc) is 2.75. The number of hydrogen-bond acceptors (Lipinski definition) is 5. The molecule has 2 aromatic heterocycles. The molecule has 0 fully saturated rings. The second-order valence-corrected chi connectivity index (χ2v) is 6.26. The van der Waals surface area contributed by atoms with Gasteiger partial charge in [-0.25, -0.2) is 9.97 Å². The topological polar surface area (TPSA) is 64.9 Å². The average molecular weight is 373 g/mol. The van der Waals surface area contributed by atoms with Crippen LogP contribution in [0.25, 0.3) is 0 Å². The van der Waals surface area contributed by atoms with Crippen molar-refractivity contribution in [1.29, 1.82) is 0 Å². The van der Waals surface area contributed by atoms with E-state index in [0.717, 1.165) is 9.26 Å². The number of nitrogens with one attached hydrogen (secondary N) is 1. The van der Waals surface area contributed by atoms with Crippen LogP contribution in [0.2, 0.25) is 0 Å². The number of nitrogens with zero attached hydrogens (tertiary/aromatic N) is 4. The molecular formula is C12H16IN5O. The zero-order valence-electron chi connectivity index (χ0n) is 11.3. The summed E-state index contributed by atoms with van der Waals surface area (Å²) in [6.07, 6.45) is 5.38. The summed E-state index contributed by atoms with van der Waals surface area (Å²) >= 11 is 2.16. The van der Waals surface area contributed by atoms with Crippen LogP contribution in [0.4, 0.5) is 11.6 Å². The van der Waals surface area contributed by atoms with E-state index < -0.39 is 0 Å². The van der Waals surface area contributed by atoms with E-state index >= 15 is 0 Å². The molecule has 0 aromatic carbocycles. The van der Waals surface area contributed by atoms with Crippen LogP contribution in [-0.2, 0) is 5.54 Å². The Morgan fingerprint density at radius 1 is 1.26 bits per heavy atom. The van der Waals surface area contributed by atoms with Gasteiger partial charge in [-0.2, -0.15) is 0 Å². The van der Waals surface area contributed by atoms with E-state index in [0.29, 0.717) is 11.8 Å². The van der Waals surface area contributed by atoms with E-state index in [-0.39, 0.29) is 5.54 Å². The van der Waals surface area contributed by atoms with Crippen LogP contribution in [0.3, 0.4) is 0 Å². The molecule has 0 amide bonds. The SMILES string of the molecule is COc1nn(C(C)(C)C)cc1Nc1ncc(I)cn1. The Balaban J connectivity index is 2.29. The van der Waals surface area contributed by atoms with Crippen molar-refractivity contribution in [3.05, 3.63) is 22.2 Å². The third-order valence-electron chi connectivity index (χ3n) is 2.43. The van der Waals surface area contributed by atoms with E-state index in [1.165, 1.54) is 0 Å². The van der Waals surface area contributed by atoms with Gasteiger partial charge in [-0.3, -0.25) is 4.68 Å². The van der Waals surface area contributed by atoms with Crippen LogP contribution < -0.4 is 10.1 Å². The molecular weight excluding hydrogens is 357 g/mol. The minimum absolute atomic E-state index is 0.111. The lowest BCUT2D eigenvalue weighted by molar-refractivity contribution is 0.330. The van der Waals surface area contributed by atoms with Gasteiger partial charge in [0.1, 0.15) is 5.69 Å². The number of halogens is 1. The van der Waals surface area contributed by atoms with Crippen molar-refractivity contribution in [2.24, 2.45) is 0 Å². The molecule has 7 heteroatoms. The summed E-state index contributed by atoms with van der Waals surface area (Å²) in [5.41, 5.74) is 0.638. The Morgan fingerprint density at radius 2 is 1.89 bits per heavy atom. The van der Waals surface area contributed by atoms with Gasteiger partial charge in [-0.15, -0.1) is 5.10 Å². The van der Waals surface area contributed by atoms with Crippen LogP contribution in [0.15, 0.2) is 18.6 Å². The highest BCUT2D eigenvalue weighted by Gasteiger charge is 2.19. The Hall–Kier alpha value is -1.38. The predicted octanol–water partition coefficient (Wildman–Crippen LogP) is 2.78. The number of methoxy groups -OCH3 is 1. The minimum atomic E-state index is -0.111. The van der Waals surface area contributed by atoms with E-state index in [1.54, 1.807) is 19.5 Å². The van der Waals surface area contributed by atoms with Gasteiger partial charge >= 0.3 is 0 Å². The Bertz CT molecular complexity index is 558. The van der Waals surface area contributed by atoms with Crippen molar-refractivity contribution in [1.82, 2.24) is 19.7 Å². The highest BCUT2D eigenvalue weighted by atomic mass is 127. The van der Waals surface area contributed by atoms with Gasteiger partial charge in [0, 0.05) is 16.0 Å². The number of aromatic nitrogens is 4. The fourth-order valence-electron chi connectivity index (χ4n) is 1.44. The smallest absolute Gasteiger partial charge is 0.256 e. The predicted molar refractivity (Wildman–Crippen MR) is 81.8 cm³/mol. The maximum absolute atomic E-state index is 5.27. The molecule has 2 aromatic rings. The first-order valence-corrected chi connectivity index (χ1v) is 6.87. The lowest BCUT2D eigenvalue weighted by Crippen LogP contribution is -2.22. The molecule has 6 nitrogen and oxygen atoms in total. The standard InChI is InChI=1S/C12H16IN5O/c1-12(2,3)18-7-9(10(17-18)19-4)16-11-14-5-8(13)6-15-11/h5-7H,1-4H3,(H,14,15,16). The van der Waals surface area contributed by atoms with Crippen molar-refractivity contribution >= 4 is 34.2 Å². The summed E-state index contributed by atoms with van der Waals surface area (Å²) in [6.45, 7) is 6.22. The van der Waals surface area contributed by atoms with Crippen LogP contribution in [0.1, 0.15) is 20.8 Å². The lowest BCUT2D eigenvalue weighted by Gasteiger charge is -2.18. The molecule has 0 saturated heterocycles. The van der Waals surface area contributed by atoms with Crippen molar-refractivity contribution < 1.29 is 4.74 Å². The van der Waals surface area contributed by atoms with Crippen molar-refractivity contribution in [3.63, 3.8) is 0 Å². The van der Waals surface area contributed by atoms with Crippen molar-refractivity contribution in [2.75, 3.05) is 12.4 Å². The van der Waals surface area contributed by atoms with Crippen LogP contribution in [-0.4, -0.2) is 26.9 Å². The highest BCUT2D eigenvalue weighted by Crippen LogP contribution is 2.27. The molecule has 2 heterocycles. The fourth-order valence-corrected chi connectivity index (χ4v) is 1.71. The third kappa shape index (κ3) is 3.34. The van der Waals surface area contributed by atoms with E-state index in [9.17, 15) is 0 Å². The number of ether oxygens (including phenoxy) is 1. The highest BCUT2D eigenvalue weighted by molar-refractivity contribution is 14.1. The summed E-state index contributed by atoms with van der Waals surface area (Å²) in [4.78, 5) is 8.40. The zero-order chi connectivity index (χ0) is 14.0. The molecule has 19 heavy (non-hydrogen) atoms. The normalized spacial score (nSPS) is 11.4. The molecule has 0 spiro atoms. The molecule has 0 atom stereocenters. The fraction of sp³-hybridized carbons (Fsp3) is 0.417. The van der Waals surface area contributed by atoms with Gasteiger partial charge in [-0.05, 0) is 43.4 Å². The molecule has 1 N–H and O–H groups in total. The minimum Gasteiger partial charge on any atom is -0.478 e. The second-order valence-electron chi connectivity index (χ2n) is 5.02. The summed E-state index contributed by atoms with van der Waals surface area (Å²) in [5, 5.41) is 7.50. The zero-order valence-corrected chi connectivity index (χ0v) is 13.5. The van der Waals surface area contributed by atoms with Crippen molar-refractivity contribution in [3.8, 4) is 5.88 Å². The monoisotopic (exact) mass is 373 g/mol. The quantitative estimate of drug-likeness (QED) is 0.839. The first-order chi connectivity index (χ1) is 8.90. The molecule has 0 unspecified atom stereocenters. The Kier molecular flexibility index (Phi) is 3.93. The first kappa shape index (κ1) is 14.0. The van der Waals surface area contributed by atoms with Gasteiger partial charge in [0.2, 0.25) is 5.95 Å². The molecule has 0 aliphatic carbocycles. The van der Waals surface area contributed by atoms with Gasteiger partial charge in [-0.1, -0.05) is 0 Å². The second kappa shape index (κ2) is 5.32. The summed E-state index contributed by atoms with van der Waals surface area (Å²) in [5.74, 6) is 1.05. The molecule has 0 saturated carbocycles. The van der Waals surface area contributed by atoms with Gasteiger partial charge in [0.25, 0.3) is 5.88 Å². The number of rotatable bonds is 3. The molecule has 0 aliphatic rings. The molecule has 0 aliphatic heterocycles. The number of hydrogen-bond donors (Lipinski definition) is 1. The maximum atomic E-state index is 5.27. The molecule has 0 radical (unpaired) electrons. The summed E-state index contributed by atoms with van der Waals surface area (Å²) < 4.78 is 8.10. The molecule has 102 valence electrons. The number of anilines is 2. The van der Waals surface area contributed by atoms with Crippen molar-refractivity contribution in [2.45, 2.75) is 26.3 Å². The Morgan fingerprint density at radius 3 is 2.42 bits per heavy atom. The largest absolute Gasteiger partial charge is 0.478 e. The van der Waals surface area contributed by atoms with Crippen LogP contribution in [0.5, 0.6) is 5.88 Å². The molecule has 0 bridgehead atoms. The Labute approximate surface area is 125 Å². The van der Waals surface area contributed by atoms with E-state index in [2.05, 4.69) is 63.7 Å². The van der Waals surface area contributed by atoms with Gasteiger partial charge in [0.05, 0.1) is 18.8 Å². The lowest BCUT2D eigenvalue weighted by atomic mass is 10.1. The van der Waals surface area contributed by atoms with E-state index in [4.69, 9.17) is 4.74 Å².